The van der Waals surface area contributed by atoms with Crippen LogP contribution in [-0.2, 0) is 0 Å². The van der Waals surface area contributed by atoms with Gasteiger partial charge in [-0.1, -0.05) is 18.2 Å². The monoisotopic (exact) mass is 195 g/mol. The van der Waals surface area contributed by atoms with Gasteiger partial charge in [0.25, 0.3) is 0 Å². The minimum absolute atomic E-state index is 0. The van der Waals surface area contributed by atoms with Crippen molar-refractivity contribution in [3.8, 4) is 0 Å². The van der Waals surface area contributed by atoms with Crippen LogP contribution in [0.3, 0.4) is 0 Å². The summed E-state index contributed by atoms with van der Waals surface area (Å²) in [5.74, 6) is 0. The Morgan fingerprint density at radius 1 is 1.09 bits per heavy atom. The van der Waals surface area contributed by atoms with Gasteiger partial charge in [-0.05, 0) is 35.9 Å². The van der Waals surface area contributed by atoms with Crippen molar-refractivity contribution < 1.29 is 11.0 Å². The van der Waals surface area contributed by atoms with E-state index in [0.29, 0.717) is 0 Å². The molecule has 0 atom stereocenters. The lowest BCUT2D eigenvalue weighted by atomic mass is 10.4. The largest absolute Gasteiger partial charge is 0.412 e. The van der Waals surface area contributed by atoms with Gasteiger partial charge >= 0.3 is 0 Å². The number of hydrogen-bond donors (Lipinski definition) is 1. The molecule has 0 radical (unpaired) electrons. The van der Waals surface area contributed by atoms with Crippen LogP contribution < -0.4 is 4.24 Å². The lowest BCUT2D eigenvalue weighted by Gasteiger charge is -1.92. The van der Waals surface area contributed by atoms with Crippen LogP contribution in [0.25, 0.3) is 0 Å². The highest BCUT2D eigenvalue weighted by Crippen LogP contribution is 2.12. The molecule has 0 unspecified atom stereocenters. The highest BCUT2D eigenvalue weighted by atomic mass is 35.5. The van der Waals surface area contributed by atoms with Crippen molar-refractivity contribution in [2.45, 2.75) is 4.90 Å². The van der Waals surface area contributed by atoms with Gasteiger partial charge in [-0.3, -0.25) is 0 Å². The van der Waals surface area contributed by atoms with E-state index in [0.717, 1.165) is 4.90 Å². The lowest BCUT2D eigenvalue weighted by Crippen LogP contribution is -1.79. The molecular formula is C6H10ClNO2S. The normalized spacial score (nSPS) is 7.73. The Hall–Kier alpha value is -0.260. The first-order valence-electron chi connectivity index (χ1n) is 2.51. The molecule has 0 bridgehead atoms. The van der Waals surface area contributed by atoms with E-state index in [1.165, 1.54) is 11.9 Å². The highest BCUT2D eigenvalue weighted by molar-refractivity contribution is 7.98. The Morgan fingerprint density at radius 3 is 2.09 bits per heavy atom. The van der Waals surface area contributed by atoms with Crippen LogP contribution in [0.1, 0.15) is 0 Å². The van der Waals surface area contributed by atoms with Crippen LogP contribution in [0, 0.1) is 0 Å². The van der Waals surface area contributed by atoms with Crippen molar-refractivity contribution in [3.05, 3.63) is 30.3 Å². The minimum atomic E-state index is 0. The summed E-state index contributed by atoms with van der Waals surface area (Å²) in [7, 11) is 0. The summed E-state index contributed by atoms with van der Waals surface area (Å²) in [4.78, 5) is 1.12. The molecule has 0 saturated heterocycles. The Labute approximate surface area is 74.6 Å². The second kappa shape index (κ2) is 7.84. The van der Waals surface area contributed by atoms with Crippen molar-refractivity contribution >= 4 is 23.7 Å². The molecule has 3 nitrogen and oxygen atoms in total. The molecule has 0 aliphatic rings. The lowest BCUT2D eigenvalue weighted by molar-refractivity contribution is 0.823. The molecular weight excluding hydrogens is 186 g/mol. The van der Waals surface area contributed by atoms with E-state index in [2.05, 4.69) is 4.24 Å². The highest BCUT2D eigenvalue weighted by Gasteiger charge is 1.85. The van der Waals surface area contributed by atoms with Gasteiger partial charge in [0.1, 0.15) is 0 Å². The molecule has 64 valence electrons. The zero-order valence-corrected chi connectivity index (χ0v) is 7.25. The second-order valence-electron chi connectivity index (χ2n) is 1.49. The predicted octanol–water partition coefficient (Wildman–Crippen LogP) is 0.788. The summed E-state index contributed by atoms with van der Waals surface area (Å²) in [5, 5.41) is 0. The first kappa shape index (κ1) is 13.3. The molecule has 1 aromatic rings. The van der Waals surface area contributed by atoms with Gasteiger partial charge in [0.05, 0.1) is 0 Å². The van der Waals surface area contributed by atoms with Crippen molar-refractivity contribution in [2.75, 3.05) is 0 Å². The molecule has 1 rings (SSSR count). The average Bonchev–Trinajstić information content (AvgIpc) is 1.91. The average molecular weight is 196 g/mol. The zero-order valence-electron chi connectivity index (χ0n) is 5.67. The van der Waals surface area contributed by atoms with E-state index in [4.69, 9.17) is 11.8 Å². The van der Waals surface area contributed by atoms with Crippen LogP contribution in [-0.4, -0.2) is 11.0 Å². The third-order valence-corrected chi connectivity index (χ3v) is 1.72. The molecule has 0 amide bonds. The summed E-state index contributed by atoms with van der Waals surface area (Å²) in [6.07, 6.45) is 0. The standard InChI is InChI=1S/C6H6ClNS.2H2O/c7-8-9-6-4-2-1-3-5-6;;/h1-5,8H;2*1H2. The van der Waals surface area contributed by atoms with Crippen molar-refractivity contribution in [2.24, 2.45) is 0 Å². The Kier molecular flexibility index (Phi) is 9.51. The van der Waals surface area contributed by atoms with Crippen LogP contribution in [0.4, 0.5) is 0 Å². The van der Waals surface area contributed by atoms with Crippen LogP contribution in [0.2, 0.25) is 0 Å². The quantitative estimate of drug-likeness (QED) is 0.560. The van der Waals surface area contributed by atoms with Gasteiger partial charge in [0.15, 0.2) is 0 Å². The van der Waals surface area contributed by atoms with E-state index in [1.807, 2.05) is 30.3 Å². The molecule has 0 aliphatic carbocycles. The summed E-state index contributed by atoms with van der Waals surface area (Å²) < 4.78 is 2.47. The van der Waals surface area contributed by atoms with E-state index in [9.17, 15) is 0 Å². The molecule has 0 aliphatic heterocycles. The van der Waals surface area contributed by atoms with Crippen molar-refractivity contribution in [1.29, 1.82) is 0 Å². The summed E-state index contributed by atoms with van der Waals surface area (Å²) in [6.45, 7) is 0. The Bertz CT molecular complexity index is 173. The number of benzene rings is 1. The maximum Gasteiger partial charge on any atom is 0.0239 e. The van der Waals surface area contributed by atoms with Gasteiger partial charge in [-0.2, -0.15) is 4.24 Å². The summed E-state index contributed by atoms with van der Waals surface area (Å²) in [6, 6.07) is 9.88. The summed E-state index contributed by atoms with van der Waals surface area (Å²) in [5.41, 5.74) is 0. The first-order valence-corrected chi connectivity index (χ1v) is 3.70. The van der Waals surface area contributed by atoms with Gasteiger partial charge in [0, 0.05) is 4.90 Å². The number of hydrogen-bond acceptors (Lipinski definition) is 2. The molecule has 5 heteroatoms. The van der Waals surface area contributed by atoms with Crippen LogP contribution >= 0.6 is 23.7 Å². The zero-order chi connectivity index (χ0) is 6.53. The molecule has 0 spiro atoms. The van der Waals surface area contributed by atoms with Crippen molar-refractivity contribution in [1.82, 2.24) is 4.24 Å². The molecule has 0 aromatic heterocycles. The number of nitrogens with one attached hydrogen (secondary N) is 1. The van der Waals surface area contributed by atoms with Gasteiger partial charge in [-0.25, -0.2) is 0 Å². The molecule has 11 heavy (non-hydrogen) atoms. The van der Waals surface area contributed by atoms with Crippen LogP contribution in [0.15, 0.2) is 35.2 Å². The fraction of sp³-hybridized carbons (Fsp3) is 0. The van der Waals surface area contributed by atoms with Crippen molar-refractivity contribution in [3.63, 3.8) is 0 Å². The molecule has 1 aromatic carbocycles. The van der Waals surface area contributed by atoms with E-state index >= 15 is 0 Å². The molecule has 5 N–H and O–H groups in total. The van der Waals surface area contributed by atoms with Gasteiger partial charge in [-0.15, -0.1) is 0 Å². The third kappa shape index (κ3) is 5.06. The SMILES string of the molecule is ClNSc1ccccc1.O.O. The topological polar surface area (TPSA) is 75.0 Å². The number of rotatable bonds is 2. The summed E-state index contributed by atoms with van der Waals surface area (Å²) >= 11 is 6.64. The van der Waals surface area contributed by atoms with Gasteiger partial charge < -0.3 is 11.0 Å². The molecule has 0 saturated carbocycles. The Balaban J connectivity index is 0. The molecule has 0 heterocycles. The minimum Gasteiger partial charge on any atom is -0.412 e. The fourth-order valence-electron chi connectivity index (χ4n) is 0.533. The van der Waals surface area contributed by atoms with E-state index in [1.54, 1.807) is 0 Å². The fourth-order valence-corrected chi connectivity index (χ4v) is 1.18. The van der Waals surface area contributed by atoms with Gasteiger partial charge in [0.2, 0.25) is 0 Å². The first-order chi connectivity index (χ1) is 4.43. The Morgan fingerprint density at radius 2 is 1.64 bits per heavy atom. The maximum absolute atomic E-state index is 5.25. The third-order valence-electron chi connectivity index (χ3n) is 0.900. The smallest absolute Gasteiger partial charge is 0.0239 e. The molecule has 0 fully saturated rings. The van der Waals surface area contributed by atoms with E-state index in [-0.39, 0.29) is 11.0 Å². The van der Waals surface area contributed by atoms with Crippen LogP contribution in [0.5, 0.6) is 0 Å². The maximum atomic E-state index is 5.25. The van der Waals surface area contributed by atoms with E-state index < -0.39 is 0 Å². The number of halogens is 1. The predicted molar refractivity (Wildman–Crippen MR) is 48.5 cm³/mol. The second-order valence-corrected chi connectivity index (χ2v) is 2.79.